The van der Waals surface area contributed by atoms with Crippen LogP contribution in [0.3, 0.4) is 0 Å². The predicted molar refractivity (Wildman–Crippen MR) is 125 cm³/mol. The van der Waals surface area contributed by atoms with Crippen molar-refractivity contribution in [3.05, 3.63) is 90.3 Å². The van der Waals surface area contributed by atoms with Crippen LogP contribution >= 0.6 is 0 Å². The van der Waals surface area contributed by atoms with E-state index in [9.17, 15) is 18.0 Å². The molecule has 1 heterocycles. The van der Waals surface area contributed by atoms with Gasteiger partial charge in [-0.3, -0.25) is 9.71 Å². The lowest BCUT2D eigenvalue weighted by atomic mass is 10.0. The Labute approximate surface area is 191 Å². The number of pyridine rings is 1. The molecule has 0 spiro atoms. The Balaban J connectivity index is 1.63. The number of rotatable bonds is 8. The molecule has 0 aliphatic carbocycles. The second-order valence-corrected chi connectivity index (χ2v) is 8.79. The van der Waals surface area contributed by atoms with Crippen LogP contribution in [0.4, 0.5) is 16.2 Å². The summed E-state index contributed by atoms with van der Waals surface area (Å²) < 4.78 is 27.9. The molecule has 170 valence electrons. The van der Waals surface area contributed by atoms with E-state index in [1.54, 1.807) is 25.4 Å². The summed E-state index contributed by atoms with van der Waals surface area (Å²) in [6.45, 7) is 5.48. The number of hydrogen-bond acceptors (Lipinski definition) is 5. The van der Waals surface area contributed by atoms with Crippen molar-refractivity contribution in [2.45, 2.75) is 18.4 Å². The number of nitrogens with one attached hydrogen (secondary N) is 3. The van der Waals surface area contributed by atoms with Gasteiger partial charge in [-0.15, -0.1) is 0 Å². The summed E-state index contributed by atoms with van der Waals surface area (Å²) >= 11 is 0. The van der Waals surface area contributed by atoms with Crippen LogP contribution in [0.15, 0.2) is 78.5 Å². The second-order valence-electron chi connectivity index (χ2n) is 7.11. The number of carboxylic acids is 1. The van der Waals surface area contributed by atoms with Gasteiger partial charge < -0.3 is 15.7 Å². The third-order valence-corrected chi connectivity index (χ3v) is 6.06. The van der Waals surface area contributed by atoms with E-state index >= 15 is 0 Å². The van der Waals surface area contributed by atoms with Crippen molar-refractivity contribution in [3.8, 4) is 0 Å². The van der Waals surface area contributed by atoms with Crippen LogP contribution in [0, 0.1) is 6.92 Å². The molecule has 0 radical (unpaired) electrons. The molecule has 33 heavy (non-hydrogen) atoms. The molecule has 1 aromatic heterocycles. The van der Waals surface area contributed by atoms with Gasteiger partial charge in [0.2, 0.25) is 0 Å². The number of aliphatic carboxylic acids is 1. The Morgan fingerprint density at radius 2 is 1.76 bits per heavy atom. The summed E-state index contributed by atoms with van der Waals surface area (Å²) in [5.41, 5.74) is 2.46. The molecule has 0 aliphatic heterocycles. The highest BCUT2D eigenvalue weighted by Gasteiger charge is 2.16. The van der Waals surface area contributed by atoms with Crippen molar-refractivity contribution in [2.24, 2.45) is 0 Å². The number of sulfonamides is 1. The van der Waals surface area contributed by atoms with E-state index in [1.165, 1.54) is 42.5 Å². The highest BCUT2D eigenvalue weighted by molar-refractivity contribution is 7.92. The van der Waals surface area contributed by atoms with Crippen LogP contribution in [0.5, 0.6) is 0 Å². The Bertz CT molecular complexity index is 1290. The van der Waals surface area contributed by atoms with Crippen molar-refractivity contribution < 1.29 is 23.1 Å². The van der Waals surface area contributed by atoms with Gasteiger partial charge >= 0.3 is 12.0 Å². The van der Waals surface area contributed by atoms with E-state index in [0.29, 0.717) is 23.4 Å². The van der Waals surface area contributed by atoms with Crippen molar-refractivity contribution in [2.75, 3.05) is 10.0 Å². The van der Waals surface area contributed by atoms with Gasteiger partial charge in [-0.1, -0.05) is 18.7 Å². The van der Waals surface area contributed by atoms with Gasteiger partial charge in [-0.05, 0) is 66.1 Å². The van der Waals surface area contributed by atoms with Gasteiger partial charge in [-0.2, -0.15) is 0 Å². The van der Waals surface area contributed by atoms with Crippen LogP contribution in [0.1, 0.15) is 16.7 Å². The zero-order valence-electron chi connectivity index (χ0n) is 17.7. The lowest BCUT2D eigenvalue weighted by molar-refractivity contribution is -0.130. The third kappa shape index (κ3) is 6.17. The van der Waals surface area contributed by atoms with E-state index in [2.05, 4.69) is 26.9 Å². The minimum absolute atomic E-state index is 0.000457. The van der Waals surface area contributed by atoms with Crippen LogP contribution in [0.25, 0.3) is 5.57 Å². The average molecular weight is 467 g/mol. The summed E-state index contributed by atoms with van der Waals surface area (Å²) in [6, 6.07) is 13.3. The van der Waals surface area contributed by atoms with E-state index in [4.69, 9.17) is 5.11 Å². The molecule has 9 nitrogen and oxygen atoms in total. The van der Waals surface area contributed by atoms with Crippen LogP contribution in [-0.2, 0) is 21.4 Å². The Hall–Kier alpha value is -4.18. The Morgan fingerprint density at radius 3 is 2.36 bits per heavy atom. The molecular formula is C23H22N4O5S. The molecule has 2 amide bonds. The van der Waals surface area contributed by atoms with Gasteiger partial charge in [0.1, 0.15) is 0 Å². The number of carbonyl (C=O) groups is 2. The number of aromatic nitrogens is 1. The van der Waals surface area contributed by atoms with Gasteiger partial charge in [0.15, 0.2) is 0 Å². The Morgan fingerprint density at radius 1 is 1.06 bits per heavy atom. The van der Waals surface area contributed by atoms with Gasteiger partial charge in [0.25, 0.3) is 10.0 Å². The van der Waals surface area contributed by atoms with E-state index < -0.39 is 22.0 Å². The zero-order chi connectivity index (χ0) is 24.0. The Kier molecular flexibility index (Phi) is 7.09. The number of anilines is 2. The van der Waals surface area contributed by atoms with Crippen LogP contribution in [-0.4, -0.2) is 30.5 Å². The SMILES string of the molecule is C=C(C(=O)O)c1ccc(NS(=O)(=O)c2ccc(NC(=O)NCc3cccnc3)cc2)cc1C. The largest absolute Gasteiger partial charge is 0.478 e. The van der Waals surface area contributed by atoms with E-state index in [0.717, 1.165) is 5.56 Å². The van der Waals surface area contributed by atoms with Crippen molar-refractivity contribution in [3.63, 3.8) is 0 Å². The van der Waals surface area contributed by atoms with Gasteiger partial charge in [-0.25, -0.2) is 18.0 Å². The molecule has 2 aromatic carbocycles. The summed E-state index contributed by atoms with van der Waals surface area (Å²) in [5.74, 6) is -1.15. The number of carboxylic acid groups (broad SMARTS) is 1. The normalized spacial score (nSPS) is 10.8. The standard InChI is InChI=1S/C23H22N4O5S/c1-15-12-19(7-10-21(15)16(2)22(28)29)27-33(31,32)20-8-5-18(6-9-20)26-23(30)25-14-17-4-3-11-24-13-17/h3-13,27H,2,14H2,1H3,(H,28,29)(H2,25,26,30). The van der Waals surface area contributed by atoms with Crippen molar-refractivity contribution in [1.29, 1.82) is 0 Å². The first-order valence-electron chi connectivity index (χ1n) is 9.75. The van der Waals surface area contributed by atoms with Gasteiger partial charge in [0, 0.05) is 30.3 Å². The molecule has 0 fully saturated rings. The molecule has 0 saturated carbocycles. The minimum atomic E-state index is -3.90. The lowest BCUT2D eigenvalue weighted by Crippen LogP contribution is -2.28. The number of nitrogens with zero attached hydrogens (tertiary/aromatic N) is 1. The molecule has 0 bridgehead atoms. The van der Waals surface area contributed by atoms with Crippen molar-refractivity contribution in [1.82, 2.24) is 10.3 Å². The number of urea groups is 1. The van der Waals surface area contributed by atoms with E-state index in [1.807, 2.05) is 6.07 Å². The number of aryl methyl sites for hydroxylation is 1. The first-order chi connectivity index (χ1) is 15.7. The maximum atomic E-state index is 12.7. The highest BCUT2D eigenvalue weighted by Crippen LogP contribution is 2.24. The first kappa shape index (κ1) is 23.5. The number of benzene rings is 2. The van der Waals surface area contributed by atoms with Crippen molar-refractivity contribution >= 4 is 39.0 Å². The first-order valence-corrected chi connectivity index (χ1v) is 11.2. The number of amides is 2. The average Bonchev–Trinajstić information content (AvgIpc) is 2.78. The fraction of sp³-hybridized carbons (Fsp3) is 0.0870. The van der Waals surface area contributed by atoms with E-state index in [-0.39, 0.29) is 16.2 Å². The fourth-order valence-corrected chi connectivity index (χ4v) is 4.02. The van der Waals surface area contributed by atoms with Crippen LogP contribution < -0.4 is 15.4 Å². The predicted octanol–water partition coefficient (Wildman–Crippen LogP) is 3.61. The summed E-state index contributed by atoms with van der Waals surface area (Å²) in [7, 11) is -3.90. The molecular weight excluding hydrogens is 444 g/mol. The topological polar surface area (TPSA) is 137 Å². The third-order valence-electron chi connectivity index (χ3n) is 4.66. The second kappa shape index (κ2) is 9.96. The zero-order valence-corrected chi connectivity index (χ0v) is 18.5. The summed E-state index contributed by atoms with van der Waals surface area (Å²) in [6.07, 6.45) is 3.28. The molecule has 0 unspecified atom stereocenters. The summed E-state index contributed by atoms with van der Waals surface area (Å²) in [4.78, 5) is 27.1. The molecule has 0 aliphatic rings. The number of carbonyl (C=O) groups excluding carboxylic acids is 1. The van der Waals surface area contributed by atoms with Gasteiger partial charge in [0.05, 0.1) is 10.5 Å². The molecule has 10 heteroatoms. The smallest absolute Gasteiger partial charge is 0.335 e. The maximum Gasteiger partial charge on any atom is 0.335 e. The monoisotopic (exact) mass is 466 g/mol. The fourth-order valence-electron chi connectivity index (χ4n) is 2.97. The summed E-state index contributed by atoms with van der Waals surface area (Å²) in [5, 5.41) is 14.4. The van der Waals surface area contributed by atoms with Crippen LogP contribution in [0.2, 0.25) is 0 Å². The quantitative estimate of drug-likeness (QED) is 0.374. The molecule has 4 N–H and O–H groups in total. The highest BCUT2D eigenvalue weighted by atomic mass is 32.2. The molecule has 0 atom stereocenters. The maximum absolute atomic E-state index is 12.7. The molecule has 3 aromatic rings. The number of hydrogen-bond donors (Lipinski definition) is 4. The molecule has 0 saturated heterocycles. The minimum Gasteiger partial charge on any atom is -0.478 e. The molecule has 3 rings (SSSR count). The lowest BCUT2D eigenvalue weighted by Gasteiger charge is -2.12.